The Balaban J connectivity index is 2.14. The van der Waals surface area contributed by atoms with E-state index >= 15 is 0 Å². The second kappa shape index (κ2) is 6.79. The molecule has 0 radical (unpaired) electrons. The predicted octanol–water partition coefficient (Wildman–Crippen LogP) is 2.97. The Bertz CT molecular complexity index is 717. The maximum Gasteiger partial charge on any atom is 0.256 e. The molecule has 1 amide bonds. The Morgan fingerprint density at radius 2 is 1.77 bits per heavy atom. The summed E-state index contributed by atoms with van der Waals surface area (Å²) in [6.45, 7) is 0.241. The summed E-state index contributed by atoms with van der Waals surface area (Å²) >= 11 is 0. The van der Waals surface area contributed by atoms with E-state index in [1.165, 1.54) is 11.9 Å². The van der Waals surface area contributed by atoms with Crippen molar-refractivity contribution in [2.45, 2.75) is 11.4 Å². The molecule has 116 valence electrons. The summed E-state index contributed by atoms with van der Waals surface area (Å²) in [6, 6.07) is 9.72. The Kier molecular flexibility index (Phi) is 5.03. The molecule has 0 heterocycles. The molecule has 2 aromatic rings. The van der Waals surface area contributed by atoms with Crippen LogP contribution in [-0.4, -0.2) is 28.3 Å². The van der Waals surface area contributed by atoms with Crippen LogP contribution in [0.3, 0.4) is 0 Å². The van der Waals surface area contributed by atoms with Crippen molar-refractivity contribution in [2.24, 2.45) is 0 Å². The quantitative estimate of drug-likeness (QED) is 0.867. The lowest BCUT2D eigenvalue weighted by Crippen LogP contribution is -2.27. The molecule has 0 N–H and O–H groups in total. The minimum absolute atomic E-state index is 0.241. The van der Waals surface area contributed by atoms with Crippen molar-refractivity contribution in [1.29, 1.82) is 0 Å². The lowest BCUT2D eigenvalue weighted by molar-refractivity contribution is 0.0780. The van der Waals surface area contributed by atoms with Crippen LogP contribution in [0.2, 0.25) is 0 Å². The zero-order valence-electron chi connectivity index (χ0n) is 12.2. The van der Waals surface area contributed by atoms with Crippen LogP contribution >= 0.6 is 0 Å². The van der Waals surface area contributed by atoms with Crippen LogP contribution < -0.4 is 0 Å². The van der Waals surface area contributed by atoms with Gasteiger partial charge in [0.1, 0.15) is 11.6 Å². The van der Waals surface area contributed by atoms with E-state index in [1.54, 1.807) is 30.5 Å². The Morgan fingerprint density at radius 1 is 1.14 bits per heavy atom. The minimum atomic E-state index is -1.07. The average Bonchev–Trinajstić information content (AvgIpc) is 2.49. The van der Waals surface area contributed by atoms with E-state index in [1.807, 2.05) is 0 Å². The lowest BCUT2D eigenvalue weighted by Gasteiger charge is -2.18. The van der Waals surface area contributed by atoms with Gasteiger partial charge >= 0.3 is 0 Å². The second-order valence-corrected chi connectivity index (χ2v) is 6.26. The number of nitrogens with zero attached hydrogens (tertiary/aromatic N) is 1. The molecule has 2 rings (SSSR count). The molecule has 6 heteroatoms. The highest BCUT2D eigenvalue weighted by molar-refractivity contribution is 7.84. The molecule has 1 atom stereocenters. The number of amides is 1. The van der Waals surface area contributed by atoms with Crippen molar-refractivity contribution < 1.29 is 17.8 Å². The molecule has 0 aliphatic carbocycles. The third-order valence-electron chi connectivity index (χ3n) is 3.18. The van der Waals surface area contributed by atoms with Crippen LogP contribution in [0.5, 0.6) is 0 Å². The summed E-state index contributed by atoms with van der Waals surface area (Å²) in [5, 5.41) is 0. The first-order valence-corrected chi connectivity index (χ1v) is 8.07. The Labute approximate surface area is 130 Å². The number of hydrogen-bond acceptors (Lipinski definition) is 2. The number of carbonyl (C=O) groups excluding carboxylic acids is 1. The molecule has 0 saturated carbocycles. The van der Waals surface area contributed by atoms with Crippen molar-refractivity contribution in [2.75, 3.05) is 13.3 Å². The fraction of sp³-hybridized carbons (Fsp3) is 0.188. The van der Waals surface area contributed by atoms with Gasteiger partial charge in [-0.25, -0.2) is 8.78 Å². The first-order valence-electron chi connectivity index (χ1n) is 6.51. The van der Waals surface area contributed by atoms with E-state index in [9.17, 15) is 17.8 Å². The van der Waals surface area contributed by atoms with E-state index in [0.717, 1.165) is 23.8 Å². The van der Waals surface area contributed by atoms with Crippen molar-refractivity contribution in [3.63, 3.8) is 0 Å². The van der Waals surface area contributed by atoms with Gasteiger partial charge in [0.25, 0.3) is 5.91 Å². The predicted molar refractivity (Wildman–Crippen MR) is 80.9 cm³/mol. The molecule has 0 spiro atoms. The second-order valence-electron chi connectivity index (χ2n) is 4.88. The molecule has 0 fully saturated rings. The maximum atomic E-state index is 13.6. The normalized spacial score (nSPS) is 12.0. The van der Waals surface area contributed by atoms with Gasteiger partial charge in [-0.2, -0.15) is 0 Å². The number of rotatable bonds is 4. The molecule has 2 aromatic carbocycles. The lowest BCUT2D eigenvalue weighted by atomic mass is 10.1. The fourth-order valence-corrected chi connectivity index (χ4v) is 2.52. The number of benzene rings is 2. The maximum absolute atomic E-state index is 13.6. The van der Waals surface area contributed by atoms with Crippen LogP contribution in [0.25, 0.3) is 0 Å². The summed E-state index contributed by atoms with van der Waals surface area (Å²) in [7, 11) is 0.447. The zero-order valence-corrected chi connectivity index (χ0v) is 13.0. The molecular formula is C16H15F2NO2S. The van der Waals surface area contributed by atoms with Crippen molar-refractivity contribution in [3.05, 3.63) is 65.2 Å². The van der Waals surface area contributed by atoms with Gasteiger partial charge in [0.05, 0.1) is 5.56 Å². The first kappa shape index (κ1) is 16.3. The Hall–Kier alpha value is -2.08. The molecule has 0 saturated heterocycles. The molecule has 0 aliphatic heterocycles. The van der Waals surface area contributed by atoms with Crippen LogP contribution in [0.15, 0.2) is 47.4 Å². The number of halogens is 2. The Morgan fingerprint density at radius 3 is 2.36 bits per heavy atom. The zero-order chi connectivity index (χ0) is 16.3. The smallest absolute Gasteiger partial charge is 0.256 e. The van der Waals surface area contributed by atoms with E-state index in [4.69, 9.17) is 0 Å². The van der Waals surface area contributed by atoms with Gasteiger partial charge in [-0.05, 0) is 35.9 Å². The number of carbonyl (C=O) groups is 1. The topological polar surface area (TPSA) is 37.4 Å². The van der Waals surface area contributed by atoms with Gasteiger partial charge < -0.3 is 4.90 Å². The van der Waals surface area contributed by atoms with Gasteiger partial charge in [0, 0.05) is 35.5 Å². The largest absolute Gasteiger partial charge is 0.337 e. The van der Waals surface area contributed by atoms with Crippen molar-refractivity contribution in [1.82, 2.24) is 4.90 Å². The SMILES string of the molecule is CN(Cc1ccc(S(C)=O)cc1)C(=O)c1cc(F)ccc1F. The molecule has 0 aromatic heterocycles. The highest BCUT2D eigenvalue weighted by Gasteiger charge is 2.17. The third kappa shape index (κ3) is 3.76. The molecule has 22 heavy (non-hydrogen) atoms. The molecule has 0 aliphatic rings. The molecular weight excluding hydrogens is 308 g/mol. The highest BCUT2D eigenvalue weighted by atomic mass is 32.2. The van der Waals surface area contributed by atoms with Crippen LogP contribution in [0.1, 0.15) is 15.9 Å². The van der Waals surface area contributed by atoms with Crippen molar-refractivity contribution in [3.8, 4) is 0 Å². The molecule has 3 nitrogen and oxygen atoms in total. The summed E-state index contributed by atoms with van der Waals surface area (Å²) in [6.07, 6.45) is 1.58. The summed E-state index contributed by atoms with van der Waals surface area (Å²) in [4.78, 5) is 14.2. The summed E-state index contributed by atoms with van der Waals surface area (Å²) < 4.78 is 38.1. The van der Waals surface area contributed by atoms with Crippen LogP contribution in [0, 0.1) is 11.6 Å². The minimum Gasteiger partial charge on any atom is -0.337 e. The molecule has 0 bridgehead atoms. The third-order valence-corrected chi connectivity index (χ3v) is 4.12. The summed E-state index contributed by atoms with van der Waals surface area (Å²) in [5.74, 6) is -2.01. The molecule has 1 unspecified atom stereocenters. The van der Waals surface area contributed by atoms with Gasteiger partial charge in [-0.3, -0.25) is 9.00 Å². The van der Waals surface area contributed by atoms with E-state index in [0.29, 0.717) is 4.90 Å². The monoisotopic (exact) mass is 323 g/mol. The van der Waals surface area contributed by atoms with E-state index in [2.05, 4.69) is 0 Å². The highest BCUT2D eigenvalue weighted by Crippen LogP contribution is 2.14. The van der Waals surface area contributed by atoms with Gasteiger partial charge in [0.2, 0.25) is 0 Å². The van der Waals surface area contributed by atoms with E-state index < -0.39 is 28.3 Å². The van der Waals surface area contributed by atoms with Crippen LogP contribution in [0.4, 0.5) is 8.78 Å². The average molecular weight is 323 g/mol. The summed E-state index contributed by atoms with van der Waals surface area (Å²) in [5.41, 5.74) is 0.510. The van der Waals surface area contributed by atoms with Gasteiger partial charge in [-0.15, -0.1) is 0 Å². The number of hydrogen-bond donors (Lipinski definition) is 0. The van der Waals surface area contributed by atoms with Gasteiger partial charge in [0.15, 0.2) is 0 Å². The first-order chi connectivity index (χ1) is 10.4. The fourth-order valence-electron chi connectivity index (χ4n) is 2.00. The standard InChI is InChI=1S/C16H15F2NO2S/c1-19(10-11-3-6-13(7-4-11)22(2)21)16(20)14-9-12(17)5-8-15(14)18/h3-9H,10H2,1-2H3. The van der Waals surface area contributed by atoms with E-state index in [-0.39, 0.29) is 12.1 Å². The van der Waals surface area contributed by atoms with Crippen molar-refractivity contribution >= 4 is 16.7 Å². The van der Waals surface area contributed by atoms with Crippen LogP contribution in [-0.2, 0) is 17.3 Å². The van der Waals surface area contributed by atoms with Gasteiger partial charge in [-0.1, -0.05) is 12.1 Å².